The van der Waals surface area contributed by atoms with Crippen LogP contribution in [0, 0.1) is 0 Å². The molecule has 1 heteroatoms. The third kappa shape index (κ3) is 4.03. The monoisotopic (exact) mass is 203 g/mol. The molecule has 0 aliphatic rings. The van der Waals surface area contributed by atoms with Gasteiger partial charge in [0.25, 0.3) is 0 Å². The minimum Gasteiger partial charge on any atom is -0.320 e. The van der Waals surface area contributed by atoms with E-state index in [2.05, 4.69) is 31.6 Å². The summed E-state index contributed by atoms with van der Waals surface area (Å²) in [6.45, 7) is 17.7. The lowest BCUT2D eigenvalue weighted by Crippen LogP contribution is -2.17. The highest BCUT2D eigenvalue weighted by Gasteiger charge is 2.09. The summed E-state index contributed by atoms with van der Waals surface area (Å²) in [4.78, 5) is 2.06. The van der Waals surface area contributed by atoms with Crippen LogP contribution in [0.15, 0.2) is 61.1 Å². The van der Waals surface area contributed by atoms with Gasteiger partial charge >= 0.3 is 0 Å². The van der Waals surface area contributed by atoms with Crippen LogP contribution in [0.5, 0.6) is 0 Å². The van der Waals surface area contributed by atoms with Crippen LogP contribution in [0.2, 0.25) is 0 Å². The Bertz CT molecular complexity index is 305. The molecule has 0 spiro atoms. The molecule has 0 aliphatic carbocycles. The molecule has 0 radical (unpaired) electrons. The molecule has 0 saturated heterocycles. The van der Waals surface area contributed by atoms with Crippen LogP contribution in [-0.4, -0.2) is 4.90 Å². The second kappa shape index (κ2) is 6.88. The zero-order valence-corrected chi connectivity index (χ0v) is 10.1. The van der Waals surface area contributed by atoms with Gasteiger partial charge in [-0.25, -0.2) is 0 Å². The summed E-state index contributed by atoms with van der Waals surface area (Å²) < 4.78 is 0. The molecule has 0 aliphatic heterocycles. The van der Waals surface area contributed by atoms with Gasteiger partial charge in [-0.05, 0) is 26.3 Å². The van der Waals surface area contributed by atoms with E-state index in [1.807, 2.05) is 32.1 Å². The lowest BCUT2D eigenvalue weighted by atomic mass is 10.2. The first kappa shape index (κ1) is 13.5. The Hall–Kier alpha value is -1.50. The predicted molar refractivity (Wildman–Crippen MR) is 69.2 cm³/mol. The molecule has 0 aromatic heterocycles. The van der Waals surface area contributed by atoms with Crippen LogP contribution in [0.25, 0.3) is 0 Å². The summed E-state index contributed by atoms with van der Waals surface area (Å²) in [7, 11) is 0. The van der Waals surface area contributed by atoms with Gasteiger partial charge in [0.2, 0.25) is 0 Å². The highest BCUT2D eigenvalue weighted by molar-refractivity contribution is 5.28. The van der Waals surface area contributed by atoms with E-state index in [0.29, 0.717) is 0 Å². The number of hydrogen-bond donors (Lipinski definition) is 0. The van der Waals surface area contributed by atoms with Gasteiger partial charge in [-0.1, -0.05) is 44.9 Å². The van der Waals surface area contributed by atoms with E-state index in [1.165, 1.54) is 0 Å². The SMILES string of the molecule is C=C/C=C\C(=C/C)N(C(=C)C)C(=C)CC. The van der Waals surface area contributed by atoms with Gasteiger partial charge in [0.1, 0.15) is 0 Å². The van der Waals surface area contributed by atoms with Gasteiger partial charge in [-0.2, -0.15) is 0 Å². The number of nitrogens with zero attached hydrogens (tertiary/aromatic N) is 1. The summed E-state index contributed by atoms with van der Waals surface area (Å²) in [6, 6.07) is 0. The number of allylic oxidation sites excluding steroid dienone is 6. The molecule has 0 bridgehead atoms. The molecule has 0 N–H and O–H groups in total. The molecule has 0 rings (SSSR count). The molecule has 1 nitrogen and oxygen atoms in total. The lowest BCUT2D eigenvalue weighted by Gasteiger charge is -2.27. The third-order valence-electron chi connectivity index (χ3n) is 2.06. The second-order valence-electron chi connectivity index (χ2n) is 3.30. The van der Waals surface area contributed by atoms with Crippen LogP contribution in [-0.2, 0) is 0 Å². The summed E-state index contributed by atoms with van der Waals surface area (Å²) in [5.41, 5.74) is 3.10. The first-order valence-electron chi connectivity index (χ1n) is 5.17. The summed E-state index contributed by atoms with van der Waals surface area (Å²) in [6.07, 6.45) is 8.62. The van der Waals surface area contributed by atoms with E-state index < -0.39 is 0 Å². The van der Waals surface area contributed by atoms with Crippen LogP contribution >= 0.6 is 0 Å². The average molecular weight is 203 g/mol. The highest BCUT2D eigenvalue weighted by Crippen LogP contribution is 2.20. The van der Waals surface area contributed by atoms with Crippen molar-refractivity contribution in [2.24, 2.45) is 0 Å². The minimum atomic E-state index is 0.909. The Morgan fingerprint density at radius 3 is 2.27 bits per heavy atom. The molecule has 0 aromatic rings. The van der Waals surface area contributed by atoms with Gasteiger partial charge < -0.3 is 4.90 Å². The minimum absolute atomic E-state index is 0.909. The third-order valence-corrected chi connectivity index (χ3v) is 2.06. The molecular formula is C14H21N. The molecule has 0 atom stereocenters. The van der Waals surface area contributed by atoms with Crippen molar-refractivity contribution in [2.45, 2.75) is 27.2 Å². The Kier molecular flexibility index (Phi) is 6.19. The maximum absolute atomic E-state index is 4.04. The summed E-state index contributed by atoms with van der Waals surface area (Å²) in [5.74, 6) is 0. The Balaban J connectivity index is 5.05. The van der Waals surface area contributed by atoms with Gasteiger partial charge in [-0.3, -0.25) is 0 Å². The molecule has 0 aromatic carbocycles. The molecule has 0 unspecified atom stereocenters. The normalized spacial score (nSPS) is 11.5. The van der Waals surface area contributed by atoms with Crippen LogP contribution in [0.4, 0.5) is 0 Å². The van der Waals surface area contributed by atoms with Crippen molar-refractivity contribution in [3.8, 4) is 0 Å². The van der Waals surface area contributed by atoms with Crippen molar-refractivity contribution >= 4 is 0 Å². The quantitative estimate of drug-likeness (QED) is 0.579. The van der Waals surface area contributed by atoms with E-state index >= 15 is 0 Å². The van der Waals surface area contributed by atoms with E-state index in [1.54, 1.807) is 6.08 Å². The zero-order valence-electron chi connectivity index (χ0n) is 10.1. The zero-order chi connectivity index (χ0) is 11.8. The van der Waals surface area contributed by atoms with Gasteiger partial charge in [0.05, 0.1) is 0 Å². The molecular weight excluding hydrogens is 182 g/mol. The van der Waals surface area contributed by atoms with E-state index in [4.69, 9.17) is 0 Å². The first-order valence-corrected chi connectivity index (χ1v) is 5.17. The van der Waals surface area contributed by atoms with Crippen LogP contribution < -0.4 is 0 Å². The number of hydrogen-bond acceptors (Lipinski definition) is 1. The van der Waals surface area contributed by atoms with E-state index in [0.717, 1.165) is 23.5 Å². The van der Waals surface area contributed by atoms with Crippen molar-refractivity contribution in [3.05, 3.63) is 61.1 Å². The molecule has 82 valence electrons. The largest absolute Gasteiger partial charge is 0.320 e. The van der Waals surface area contributed by atoms with Crippen molar-refractivity contribution in [2.75, 3.05) is 0 Å². The van der Waals surface area contributed by atoms with Gasteiger partial charge in [0, 0.05) is 17.1 Å². The molecule has 0 fully saturated rings. The lowest BCUT2D eigenvalue weighted by molar-refractivity contribution is 0.528. The first-order chi connectivity index (χ1) is 7.08. The summed E-state index contributed by atoms with van der Waals surface area (Å²) in [5, 5.41) is 0. The van der Waals surface area contributed by atoms with Crippen LogP contribution in [0.3, 0.4) is 0 Å². The topological polar surface area (TPSA) is 3.24 Å². The maximum Gasteiger partial charge on any atom is 0.0411 e. The van der Waals surface area contributed by atoms with Crippen molar-refractivity contribution in [1.29, 1.82) is 0 Å². The molecule has 15 heavy (non-hydrogen) atoms. The Morgan fingerprint density at radius 2 is 1.93 bits per heavy atom. The van der Waals surface area contributed by atoms with Crippen molar-refractivity contribution < 1.29 is 0 Å². The smallest absolute Gasteiger partial charge is 0.0411 e. The second-order valence-corrected chi connectivity index (χ2v) is 3.30. The van der Waals surface area contributed by atoms with Gasteiger partial charge in [0.15, 0.2) is 0 Å². The number of rotatable bonds is 6. The molecule has 0 saturated carbocycles. The highest BCUT2D eigenvalue weighted by atomic mass is 15.1. The molecule has 0 heterocycles. The van der Waals surface area contributed by atoms with E-state index in [-0.39, 0.29) is 0 Å². The summed E-state index contributed by atoms with van der Waals surface area (Å²) >= 11 is 0. The standard InChI is InChI=1S/C14H21N/c1-7-10-11-14(9-3)15(12(4)5)13(6)8-2/h7,9-11H,1,4,6,8H2,2-3,5H3/b11-10-,14-9+. The van der Waals surface area contributed by atoms with Gasteiger partial charge in [-0.15, -0.1) is 0 Å². The maximum atomic E-state index is 4.04. The Morgan fingerprint density at radius 1 is 1.33 bits per heavy atom. The molecule has 0 amide bonds. The van der Waals surface area contributed by atoms with Crippen LogP contribution in [0.1, 0.15) is 27.2 Å². The average Bonchev–Trinajstić information content (AvgIpc) is 2.22. The fourth-order valence-corrected chi connectivity index (χ4v) is 1.30. The van der Waals surface area contributed by atoms with Crippen molar-refractivity contribution in [3.63, 3.8) is 0 Å². The fourth-order valence-electron chi connectivity index (χ4n) is 1.30. The van der Waals surface area contributed by atoms with Crippen molar-refractivity contribution in [1.82, 2.24) is 4.90 Å². The fraction of sp³-hybridized carbons (Fsp3) is 0.286. The predicted octanol–water partition coefficient (Wildman–Crippen LogP) is 4.39. The Labute approximate surface area is 93.8 Å². The van der Waals surface area contributed by atoms with E-state index in [9.17, 15) is 0 Å².